The lowest BCUT2D eigenvalue weighted by Gasteiger charge is -2.34. The van der Waals surface area contributed by atoms with Gasteiger partial charge in [-0.25, -0.2) is 13.6 Å². The summed E-state index contributed by atoms with van der Waals surface area (Å²) in [5, 5.41) is 19.3. The number of carbonyl (C=O) groups is 1. The Balaban J connectivity index is 1.42. The van der Waals surface area contributed by atoms with Crippen LogP contribution in [-0.2, 0) is 0 Å². The van der Waals surface area contributed by atoms with Gasteiger partial charge in [0.2, 0.25) is 0 Å². The summed E-state index contributed by atoms with van der Waals surface area (Å²) in [5.74, 6) is -0.847. The second kappa shape index (κ2) is 9.56. The third-order valence-electron chi connectivity index (χ3n) is 4.87. The zero-order valence-electron chi connectivity index (χ0n) is 15.8. The summed E-state index contributed by atoms with van der Waals surface area (Å²) in [7, 11) is 0. The van der Waals surface area contributed by atoms with Gasteiger partial charge in [0.25, 0.3) is 0 Å². The van der Waals surface area contributed by atoms with Gasteiger partial charge in [0.05, 0.1) is 25.9 Å². The average molecular weight is 407 g/mol. The number of aliphatic hydroxyl groups excluding tert-OH is 1. The molecule has 29 heavy (non-hydrogen) atoms. The Morgan fingerprint density at radius 3 is 2.48 bits per heavy atom. The van der Waals surface area contributed by atoms with Crippen LogP contribution in [0.4, 0.5) is 13.6 Å². The van der Waals surface area contributed by atoms with Crippen LogP contribution in [0, 0.1) is 11.6 Å². The highest BCUT2D eigenvalue weighted by molar-refractivity contribution is 5.65. The van der Waals surface area contributed by atoms with Crippen LogP contribution in [0.5, 0.6) is 11.5 Å². The first kappa shape index (κ1) is 20.9. The highest BCUT2D eigenvalue weighted by Crippen LogP contribution is 2.29. The smallest absolute Gasteiger partial charge is 0.407 e. The standard InChI is InChI=1S/C21H23F2NO5/c22-15-4-7-20(18(23)12-15)29-11-1-10-28-16-5-2-14(3-6-16)17-8-9-24(21(26)27)13-19(17)25/h2-7,12,17,19,25H,1,8-11,13H2,(H,26,27). The first-order valence-electron chi connectivity index (χ1n) is 9.40. The molecular weight excluding hydrogens is 384 g/mol. The second-order valence-corrected chi connectivity index (χ2v) is 6.89. The normalized spacial score (nSPS) is 19.1. The number of rotatable bonds is 7. The van der Waals surface area contributed by atoms with Gasteiger partial charge in [-0.05, 0) is 36.2 Å². The number of halogens is 2. The zero-order valence-corrected chi connectivity index (χ0v) is 15.8. The Morgan fingerprint density at radius 1 is 1.10 bits per heavy atom. The molecule has 1 aliphatic rings. The number of benzene rings is 2. The number of piperidine rings is 1. The molecule has 8 heteroatoms. The van der Waals surface area contributed by atoms with Gasteiger partial charge in [-0.1, -0.05) is 12.1 Å². The van der Waals surface area contributed by atoms with Crippen molar-refractivity contribution in [3.05, 3.63) is 59.7 Å². The van der Waals surface area contributed by atoms with Crippen molar-refractivity contribution in [1.29, 1.82) is 0 Å². The minimum absolute atomic E-state index is 0.00302. The summed E-state index contributed by atoms with van der Waals surface area (Å²) in [6.07, 6.45) is -0.677. The summed E-state index contributed by atoms with van der Waals surface area (Å²) in [4.78, 5) is 12.2. The maximum Gasteiger partial charge on any atom is 0.407 e. The van der Waals surface area contributed by atoms with E-state index in [1.54, 1.807) is 12.1 Å². The Hall–Kier alpha value is -2.87. The number of hydrogen-bond acceptors (Lipinski definition) is 4. The molecule has 2 atom stereocenters. The average Bonchev–Trinajstić information content (AvgIpc) is 2.69. The molecule has 1 heterocycles. The third kappa shape index (κ3) is 5.57. The zero-order chi connectivity index (χ0) is 20.8. The van der Waals surface area contributed by atoms with E-state index in [4.69, 9.17) is 14.6 Å². The number of ether oxygens (including phenoxy) is 2. The number of aliphatic hydroxyl groups is 1. The highest BCUT2D eigenvalue weighted by atomic mass is 19.1. The van der Waals surface area contributed by atoms with Crippen molar-refractivity contribution in [3.63, 3.8) is 0 Å². The van der Waals surface area contributed by atoms with Crippen LogP contribution in [0.25, 0.3) is 0 Å². The molecule has 0 bridgehead atoms. The molecule has 1 fully saturated rings. The molecular formula is C21H23F2NO5. The summed E-state index contributed by atoms with van der Waals surface area (Å²) in [5.41, 5.74) is 0.935. The van der Waals surface area contributed by atoms with E-state index in [2.05, 4.69) is 0 Å². The van der Waals surface area contributed by atoms with Crippen molar-refractivity contribution in [1.82, 2.24) is 4.90 Å². The number of hydrogen-bond donors (Lipinski definition) is 2. The molecule has 2 N–H and O–H groups in total. The molecule has 2 aromatic carbocycles. The molecule has 6 nitrogen and oxygen atoms in total. The Kier molecular flexibility index (Phi) is 6.87. The van der Waals surface area contributed by atoms with Crippen LogP contribution in [0.3, 0.4) is 0 Å². The number of nitrogens with zero attached hydrogens (tertiary/aromatic N) is 1. The minimum Gasteiger partial charge on any atom is -0.493 e. The van der Waals surface area contributed by atoms with Gasteiger partial charge in [0.1, 0.15) is 11.6 Å². The molecule has 0 aliphatic carbocycles. The molecule has 0 saturated carbocycles. The Bertz CT molecular complexity index is 830. The molecule has 156 valence electrons. The van der Waals surface area contributed by atoms with Gasteiger partial charge in [0.15, 0.2) is 11.6 Å². The topological polar surface area (TPSA) is 79.2 Å². The van der Waals surface area contributed by atoms with Gasteiger partial charge in [-0.3, -0.25) is 0 Å². The van der Waals surface area contributed by atoms with Crippen LogP contribution >= 0.6 is 0 Å². The molecule has 2 unspecified atom stereocenters. The number of likely N-dealkylation sites (tertiary alicyclic amines) is 1. The lowest BCUT2D eigenvalue weighted by molar-refractivity contribution is 0.0504. The van der Waals surface area contributed by atoms with E-state index in [0.717, 1.165) is 17.7 Å². The summed E-state index contributed by atoms with van der Waals surface area (Å²) in [6, 6.07) is 10.5. The van der Waals surface area contributed by atoms with Crippen molar-refractivity contribution < 1.29 is 33.3 Å². The Morgan fingerprint density at radius 2 is 1.83 bits per heavy atom. The van der Waals surface area contributed by atoms with Crippen LogP contribution in [0.1, 0.15) is 24.3 Å². The van der Waals surface area contributed by atoms with E-state index in [1.807, 2.05) is 12.1 Å². The third-order valence-corrected chi connectivity index (χ3v) is 4.87. The van der Waals surface area contributed by atoms with Gasteiger partial charge < -0.3 is 24.6 Å². The first-order valence-corrected chi connectivity index (χ1v) is 9.40. The number of carboxylic acid groups (broad SMARTS) is 1. The first-order chi connectivity index (χ1) is 13.9. The van der Waals surface area contributed by atoms with E-state index in [9.17, 15) is 18.7 Å². The second-order valence-electron chi connectivity index (χ2n) is 6.89. The van der Waals surface area contributed by atoms with E-state index in [1.165, 1.54) is 11.0 Å². The van der Waals surface area contributed by atoms with Gasteiger partial charge >= 0.3 is 6.09 Å². The van der Waals surface area contributed by atoms with Crippen molar-refractivity contribution >= 4 is 6.09 Å². The van der Waals surface area contributed by atoms with Crippen LogP contribution < -0.4 is 9.47 Å². The van der Waals surface area contributed by atoms with E-state index in [0.29, 0.717) is 31.7 Å². The maximum absolute atomic E-state index is 13.5. The maximum atomic E-state index is 13.5. The Labute approximate surface area is 167 Å². The van der Waals surface area contributed by atoms with Gasteiger partial charge in [-0.2, -0.15) is 0 Å². The van der Waals surface area contributed by atoms with E-state index < -0.39 is 23.8 Å². The van der Waals surface area contributed by atoms with Gasteiger partial charge in [0, 0.05) is 24.9 Å². The number of amides is 1. The minimum atomic E-state index is -1.02. The van der Waals surface area contributed by atoms with E-state index in [-0.39, 0.29) is 24.8 Å². The fourth-order valence-electron chi connectivity index (χ4n) is 3.33. The predicted molar refractivity (Wildman–Crippen MR) is 101 cm³/mol. The van der Waals surface area contributed by atoms with Crippen molar-refractivity contribution in [2.45, 2.75) is 24.9 Å². The fraction of sp³-hybridized carbons (Fsp3) is 0.381. The van der Waals surface area contributed by atoms with Gasteiger partial charge in [-0.15, -0.1) is 0 Å². The molecule has 0 spiro atoms. The molecule has 2 aromatic rings. The largest absolute Gasteiger partial charge is 0.493 e. The fourth-order valence-corrected chi connectivity index (χ4v) is 3.33. The summed E-state index contributed by atoms with van der Waals surface area (Å²) >= 11 is 0. The summed E-state index contributed by atoms with van der Waals surface area (Å²) < 4.78 is 37.2. The lowest BCUT2D eigenvalue weighted by atomic mass is 9.87. The van der Waals surface area contributed by atoms with Crippen LogP contribution in [0.15, 0.2) is 42.5 Å². The number of β-amino-alcohol motifs (C(OH)–C–C–N with tert-alkyl or cyclic N) is 1. The van der Waals surface area contributed by atoms with Crippen molar-refractivity contribution in [2.24, 2.45) is 0 Å². The van der Waals surface area contributed by atoms with Crippen molar-refractivity contribution in [2.75, 3.05) is 26.3 Å². The SMILES string of the molecule is O=C(O)N1CCC(c2ccc(OCCCOc3ccc(F)cc3F)cc2)C(O)C1. The predicted octanol–water partition coefficient (Wildman–Crippen LogP) is 3.64. The van der Waals surface area contributed by atoms with Crippen molar-refractivity contribution in [3.8, 4) is 11.5 Å². The molecule has 1 aliphatic heterocycles. The molecule has 3 rings (SSSR count). The van der Waals surface area contributed by atoms with Crippen LogP contribution in [0.2, 0.25) is 0 Å². The monoisotopic (exact) mass is 407 g/mol. The quantitative estimate of drug-likeness (QED) is 0.685. The lowest BCUT2D eigenvalue weighted by Crippen LogP contribution is -2.45. The highest BCUT2D eigenvalue weighted by Gasteiger charge is 2.30. The summed E-state index contributed by atoms with van der Waals surface area (Å²) in [6.45, 7) is 1.09. The molecule has 0 radical (unpaired) electrons. The van der Waals surface area contributed by atoms with E-state index >= 15 is 0 Å². The molecule has 1 saturated heterocycles. The molecule has 1 amide bonds. The molecule has 0 aromatic heterocycles. The van der Waals surface area contributed by atoms with Crippen LogP contribution in [-0.4, -0.2) is 53.6 Å².